The molecule has 0 aliphatic heterocycles. The topological polar surface area (TPSA) is 78.0 Å². The molecule has 7 heteroatoms. The molecule has 0 saturated heterocycles. The molecule has 0 spiro atoms. The molecule has 0 fully saturated rings. The molecule has 0 aliphatic rings. The Bertz CT molecular complexity index is 903. The maximum Gasteiger partial charge on any atom is 0.240 e. The number of sulfonamides is 1. The van der Waals surface area contributed by atoms with E-state index in [4.69, 9.17) is 5.14 Å². The molecule has 0 atom stereocenters. The smallest absolute Gasteiger partial charge is 0.240 e. The number of nitrogens with zero attached hydrogens (tertiary/aromatic N) is 2. The first-order chi connectivity index (χ1) is 9.48. The molecule has 1 aromatic carbocycles. The number of nitrogens with two attached hydrogens (primary N) is 1. The van der Waals surface area contributed by atoms with Crippen molar-refractivity contribution in [3.8, 4) is 5.82 Å². The van der Waals surface area contributed by atoms with Crippen LogP contribution < -0.4 is 5.14 Å². The van der Waals surface area contributed by atoms with Crippen LogP contribution in [0.3, 0.4) is 0 Å². The lowest BCUT2D eigenvalue weighted by Crippen LogP contribution is -2.11. The van der Waals surface area contributed by atoms with Gasteiger partial charge in [-0.3, -0.25) is 4.57 Å². The molecule has 2 aromatic heterocycles. The third-order valence-electron chi connectivity index (χ3n) is 2.95. The van der Waals surface area contributed by atoms with Crippen LogP contribution >= 0.6 is 15.9 Å². The van der Waals surface area contributed by atoms with E-state index in [0.29, 0.717) is 11.2 Å². The highest BCUT2D eigenvalue weighted by molar-refractivity contribution is 9.10. The van der Waals surface area contributed by atoms with Gasteiger partial charge in [0.05, 0.1) is 9.99 Å². The average molecular weight is 352 g/mol. The number of aromatic nitrogens is 2. The van der Waals surface area contributed by atoms with Crippen LogP contribution in [0.2, 0.25) is 0 Å². The lowest BCUT2D eigenvalue weighted by molar-refractivity contribution is 0.598. The number of halogens is 1. The van der Waals surface area contributed by atoms with Gasteiger partial charge in [-0.15, -0.1) is 0 Å². The Kier molecular flexibility index (Phi) is 3.12. The summed E-state index contributed by atoms with van der Waals surface area (Å²) in [6, 6.07) is 10.8. The Hall–Kier alpha value is -1.70. The first kappa shape index (κ1) is 13.3. The summed E-state index contributed by atoms with van der Waals surface area (Å²) < 4.78 is 25.9. The number of benzene rings is 1. The fourth-order valence-corrected chi connectivity index (χ4v) is 3.28. The highest BCUT2D eigenvalue weighted by atomic mass is 79.9. The van der Waals surface area contributed by atoms with Gasteiger partial charge < -0.3 is 0 Å². The first-order valence-electron chi connectivity index (χ1n) is 5.72. The van der Waals surface area contributed by atoms with E-state index in [1.54, 1.807) is 29.0 Å². The van der Waals surface area contributed by atoms with Gasteiger partial charge in [0.2, 0.25) is 10.0 Å². The van der Waals surface area contributed by atoms with E-state index in [1.165, 1.54) is 6.20 Å². The quantitative estimate of drug-likeness (QED) is 0.770. The monoisotopic (exact) mass is 351 g/mol. The number of fused-ring (bicyclic) bond motifs is 1. The van der Waals surface area contributed by atoms with Gasteiger partial charge in [0.15, 0.2) is 5.82 Å². The van der Waals surface area contributed by atoms with Crippen LogP contribution in [0.25, 0.3) is 16.7 Å². The lowest BCUT2D eigenvalue weighted by atomic mass is 10.2. The average Bonchev–Trinajstić information content (AvgIpc) is 2.79. The molecular weight excluding hydrogens is 342 g/mol. The molecule has 0 saturated carbocycles. The molecule has 2 heterocycles. The summed E-state index contributed by atoms with van der Waals surface area (Å²) in [6.07, 6.45) is 3.14. The Balaban J connectivity index is 2.42. The standard InChI is InChI=1S/C13H10BrN3O2S/c14-10-5-3-7-16-13(10)17-8-12(20(15,18)19)9-4-1-2-6-11(9)17/h1-8H,(H2,15,18,19). The molecule has 3 aromatic rings. The number of pyridine rings is 1. The minimum absolute atomic E-state index is 0.0886. The SMILES string of the molecule is NS(=O)(=O)c1cn(-c2ncccc2Br)c2ccccc12. The third-order valence-corrected chi connectivity index (χ3v) is 4.51. The van der Waals surface area contributed by atoms with Gasteiger partial charge in [0, 0.05) is 17.8 Å². The third kappa shape index (κ3) is 2.13. The van der Waals surface area contributed by atoms with Crippen LogP contribution in [-0.4, -0.2) is 18.0 Å². The molecule has 102 valence electrons. The van der Waals surface area contributed by atoms with Gasteiger partial charge >= 0.3 is 0 Å². The summed E-state index contributed by atoms with van der Waals surface area (Å²) in [5, 5.41) is 5.86. The zero-order valence-electron chi connectivity index (χ0n) is 10.2. The normalized spacial score (nSPS) is 11.9. The van der Waals surface area contributed by atoms with Crippen molar-refractivity contribution in [2.45, 2.75) is 4.90 Å². The van der Waals surface area contributed by atoms with Gasteiger partial charge in [-0.2, -0.15) is 0 Å². The Morgan fingerprint density at radius 3 is 2.60 bits per heavy atom. The summed E-state index contributed by atoms with van der Waals surface area (Å²) in [5.41, 5.74) is 0.732. The second-order valence-electron chi connectivity index (χ2n) is 4.23. The van der Waals surface area contributed by atoms with Crippen molar-refractivity contribution in [2.24, 2.45) is 5.14 Å². The number of hydrogen-bond acceptors (Lipinski definition) is 3. The van der Waals surface area contributed by atoms with Crippen molar-refractivity contribution >= 4 is 36.9 Å². The van der Waals surface area contributed by atoms with Gasteiger partial charge in [-0.25, -0.2) is 18.5 Å². The second-order valence-corrected chi connectivity index (χ2v) is 6.62. The molecule has 3 rings (SSSR count). The van der Waals surface area contributed by atoms with Crippen molar-refractivity contribution in [2.75, 3.05) is 0 Å². The van der Waals surface area contributed by atoms with Gasteiger partial charge in [-0.1, -0.05) is 18.2 Å². The predicted molar refractivity (Wildman–Crippen MR) is 80.1 cm³/mol. The van der Waals surface area contributed by atoms with E-state index >= 15 is 0 Å². The maximum atomic E-state index is 11.7. The van der Waals surface area contributed by atoms with E-state index < -0.39 is 10.0 Å². The van der Waals surface area contributed by atoms with E-state index in [2.05, 4.69) is 20.9 Å². The molecule has 0 unspecified atom stereocenters. The van der Waals surface area contributed by atoms with E-state index in [-0.39, 0.29) is 4.90 Å². The van der Waals surface area contributed by atoms with E-state index in [0.717, 1.165) is 9.99 Å². The molecule has 0 radical (unpaired) electrons. The van der Waals surface area contributed by atoms with Gasteiger partial charge in [0.1, 0.15) is 4.90 Å². The zero-order valence-corrected chi connectivity index (χ0v) is 12.6. The molecule has 0 aliphatic carbocycles. The summed E-state index contributed by atoms with van der Waals surface area (Å²) in [5.74, 6) is 0.610. The van der Waals surface area contributed by atoms with Crippen LogP contribution in [0, 0.1) is 0 Å². The molecule has 0 bridgehead atoms. The molecule has 5 nitrogen and oxygen atoms in total. The summed E-state index contributed by atoms with van der Waals surface area (Å²) >= 11 is 3.41. The van der Waals surface area contributed by atoms with Crippen LogP contribution in [0.5, 0.6) is 0 Å². The second kappa shape index (κ2) is 4.69. The minimum atomic E-state index is -3.79. The van der Waals surface area contributed by atoms with E-state index in [9.17, 15) is 8.42 Å². The first-order valence-corrected chi connectivity index (χ1v) is 8.06. The van der Waals surface area contributed by atoms with Crippen LogP contribution in [0.1, 0.15) is 0 Å². The number of hydrogen-bond donors (Lipinski definition) is 1. The number of rotatable bonds is 2. The van der Waals surface area contributed by atoms with Crippen molar-refractivity contribution in [3.63, 3.8) is 0 Å². The van der Waals surface area contributed by atoms with Gasteiger partial charge in [-0.05, 0) is 34.1 Å². The maximum absolute atomic E-state index is 11.7. The summed E-state index contributed by atoms with van der Waals surface area (Å²) in [4.78, 5) is 4.36. The Morgan fingerprint density at radius 1 is 1.15 bits per heavy atom. The van der Waals surface area contributed by atoms with Crippen molar-refractivity contribution in [3.05, 3.63) is 53.3 Å². The summed E-state index contributed by atoms with van der Waals surface area (Å²) in [6.45, 7) is 0. The molecular formula is C13H10BrN3O2S. The molecule has 2 N–H and O–H groups in total. The fourth-order valence-electron chi connectivity index (χ4n) is 2.10. The Morgan fingerprint density at radius 2 is 1.90 bits per heavy atom. The highest BCUT2D eigenvalue weighted by Crippen LogP contribution is 2.29. The Labute approximate surface area is 124 Å². The van der Waals surface area contributed by atoms with E-state index in [1.807, 2.05) is 18.2 Å². The fraction of sp³-hybridized carbons (Fsp3) is 0. The zero-order chi connectivity index (χ0) is 14.3. The molecule has 0 amide bonds. The van der Waals surface area contributed by atoms with Crippen LogP contribution in [0.4, 0.5) is 0 Å². The van der Waals surface area contributed by atoms with Crippen LogP contribution in [0.15, 0.2) is 58.2 Å². The molecule has 20 heavy (non-hydrogen) atoms. The van der Waals surface area contributed by atoms with Crippen molar-refractivity contribution in [1.29, 1.82) is 0 Å². The largest absolute Gasteiger partial charge is 0.299 e. The van der Waals surface area contributed by atoms with Crippen LogP contribution in [-0.2, 0) is 10.0 Å². The number of primary sulfonamides is 1. The van der Waals surface area contributed by atoms with Crippen molar-refractivity contribution < 1.29 is 8.42 Å². The van der Waals surface area contributed by atoms with Crippen molar-refractivity contribution in [1.82, 2.24) is 9.55 Å². The highest BCUT2D eigenvalue weighted by Gasteiger charge is 2.18. The lowest BCUT2D eigenvalue weighted by Gasteiger charge is -2.05. The minimum Gasteiger partial charge on any atom is -0.299 e. The predicted octanol–water partition coefficient (Wildman–Crippen LogP) is 2.44. The number of para-hydroxylation sites is 1. The van der Waals surface area contributed by atoms with Gasteiger partial charge in [0.25, 0.3) is 0 Å². The summed E-state index contributed by atoms with van der Waals surface area (Å²) in [7, 11) is -3.79.